The van der Waals surface area contributed by atoms with Crippen molar-refractivity contribution in [3.8, 4) is 0 Å². The van der Waals surface area contributed by atoms with Crippen LogP contribution in [0.5, 0.6) is 0 Å². The Morgan fingerprint density at radius 1 is 1.50 bits per heavy atom. The van der Waals surface area contributed by atoms with Crippen LogP contribution in [-0.2, 0) is 11.2 Å². The van der Waals surface area contributed by atoms with Gasteiger partial charge in [-0.05, 0) is 38.8 Å². The molecule has 108 valence electrons. The number of nitrogens with zero attached hydrogens (tertiary/aromatic N) is 4. The minimum absolute atomic E-state index is 0.0692. The van der Waals surface area contributed by atoms with Gasteiger partial charge in [0, 0.05) is 25.5 Å². The van der Waals surface area contributed by atoms with Crippen LogP contribution in [0, 0.1) is 13.8 Å². The highest BCUT2D eigenvalue weighted by Gasteiger charge is 2.21. The molecule has 0 fully saturated rings. The monoisotopic (exact) mass is 275 g/mol. The summed E-state index contributed by atoms with van der Waals surface area (Å²) in [6.45, 7) is 6.46. The molecule has 1 atom stereocenters. The average Bonchev–Trinajstić information content (AvgIpc) is 3.03. The van der Waals surface area contributed by atoms with Crippen LogP contribution in [-0.4, -0.2) is 44.4 Å². The molecule has 0 radical (unpaired) electrons. The molecule has 6 heteroatoms. The summed E-state index contributed by atoms with van der Waals surface area (Å²) in [5.41, 5.74) is 3.04. The largest absolute Gasteiger partial charge is 0.344 e. The SMILES string of the molecule is Cc1cc(C)n(C(C)C(=O)N(C)CCc2cn[nH]c2)n1. The number of likely N-dealkylation sites (N-methyl/N-ethyl adjacent to an activating group) is 1. The van der Waals surface area contributed by atoms with Crippen LogP contribution < -0.4 is 0 Å². The maximum atomic E-state index is 12.4. The van der Waals surface area contributed by atoms with Crippen LogP contribution in [0.4, 0.5) is 0 Å². The topological polar surface area (TPSA) is 66.8 Å². The molecule has 2 heterocycles. The third-order valence-corrected chi connectivity index (χ3v) is 3.44. The van der Waals surface area contributed by atoms with Crippen molar-refractivity contribution in [2.24, 2.45) is 0 Å². The molecule has 0 aliphatic carbocycles. The number of nitrogens with one attached hydrogen (secondary N) is 1. The number of aromatic amines is 1. The van der Waals surface area contributed by atoms with Gasteiger partial charge in [0.2, 0.25) is 5.91 Å². The van der Waals surface area contributed by atoms with Gasteiger partial charge < -0.3 is 4.90 Å². The molecular weight excluding hydrogens is 254 g/mol. The Labute approximate surface area is 118 Å². The van der Waals surface area contributed by atoms with E-state index in [0.29, 0.717) is 6.54 Å². The van der Waals surface area contributed by atoms with Gasteiger partial charge in [-0.1, -0.05) is 0 Å². The third kappa shape index (κ3) is 3.07. The number of carbonyl (C=O) groups is 1. The standard InChI is InChI=1S/C14H21N5O/c1-10-7-11(2)19(17-10)12(3)14(20)18(4)6-5-13-8-15-16-9-13/h7-9,12H,5-6H2,1-4H3,(H,15,16). The van der Waals surface area contributed by atoms with Crippen LogP contribution in [0.2, 0.25) is 0 Å². The van der Waals surface area contributed by atoms with E-state index in [4.69, 9.17) is 0 Å². The molecule has 1 N–H and O–H groups in total. The highest BCUT2D eigenvalue weighted by atomic mass is 16.2. The first kappa shape index (κ1) is 14.3. The molecule has 0 aliphatic rings. The summed E-state index contributed by atoms with van der Waals surface area (Å²) in [5.74, 6) is 0.0692. The molecule has 2 aromatic rings. The molecule has 0 saturated carbocycles. The van der Waals surface area contributed by atoms with E-state index in [2.05, 4.69) is 15.3 Å². The van der Waals surface area contributed by atoms with Crippen LogP contribution in [0.15, 0.2) is 18.5 Å². The Morgan fingerprint density at radius 3 is 2.80 bits per heavy atom. The van der Waals surface area contributed by atoms with E-state index in [9.17, 15) is 4.79 Å². The highest BCUT2D eigenvalue weighted by molar-refractivity contribution is 5.79. The minimum atomic E-state index is -0.280. The summed E-state index contributed by atoms with van der Waals surface area (Å²) >= 11 is 0. The van der Waals surface area contributed by atoms with Crippen molar-refractivity contribution in [1.82, 2.24) is 24.9 Å². The van der Waals surface area contributed by atoms with Crippen LogP contribution in [0.1, 0.15) is 29.9 Å². The summed E-state index contributed by atoms with van der Waals surface area (Å²) in [6.07, 6.45) is 4.42. The predicted molar refractivity (Wildman–Crippen MR) is 76.3 cm³/mol. The third-order valence-electron chi connectivity index (χ3n) is 3.44. The molecule has 20 heavy (non-hydrogen) atoms. The Morgan fingerprint density at radius 2 is 2.25 bits per heavy atom. The maximum absolute atomic E-state index is 12.4. The summed E-state index contributed by atoms with van der Waals surface area (Å²) in [6, 6.07) is 1.70. The van der Waals surface area contributed by atoms with E-state index in [1.165, 1.54) is 0 Å². The van der Waals surface area contributed by atoms with Gasteiger partial charge in [0.05, 0.1) is 11.9 Å². The lowest BCUT2D eigenvalue weighted by Crippen LogP contribution is -2.35. The highest BCUT2D eigenvalue weighted by Crippen LogP contribution is 2.13. The average molecular weight is 275 g/mol. The van der Waals surface area contributed by atoms with Gasteiger partial charge >= 0.3 is 0 Å². The molecular formula is C14H21N5O. The van der Waals surface area contributed by atoms with Crippen LogP contribution in [0.3, 0.4) is 0 Å². The first-order chi connectivity index (χ1) is 9.49. The summed E-state index contributed by atoms with van der Waals surface area (Å²) in [5, 5.41) is 11.1. The molecule has 0 saturated heterocycles. The van der Waals surface area contributed by atoms with Crippen molar-refractivity contribution < 1.29 is 4.79 Å². The number of amides is 1. The number of aromatic nitrogens is 4. The fourth-order valence-electron chi connectivity index (χ4n) is 2.28. The van der Waals surface area contributed by atoms with Gasteiger partial charge in [-0.2, -0.15) is 10.2 Å². The van der Waals surface area contributed by atoms with Gasteiger partial charge in [-0.15, -0.1) is 0 Å². The van der Waals surface area contributed by atoms with E-state index >= 15 is 0 Å². The van der Waals surface area contributed by atoms with Gasteiger partial charge in [0.1, 0.15) is 6.04 Å². The van der Waals surface area contributed by atoms with Crippen molar-refractivity contribution >= 4 is 5.91 Å². The van der Waals surface area contributed by atoms with Crippen molar-refractivity contribution in [2.45, 2.75) is 33.2 Å². The number of aryl methyl sites for hydroxylation is 2. The van der Waals surface area contributed by atoms with Gasteiger partial charge in [-0.3, -0.25) is 14.6 Å². The van der Waals surface area contributed by atoms with Gasteiger partial charge in [0.15, 0.2) is 0 Å². The van der Waals surface area contributed by atoms with Crippen molar-refractivity contribution in [3.63, 3.8) is 0 Å². The fourth-order valence-corrected chi connectivity index (χ4v) is 2.28. The second-order valence-corrected chi connectivity index (χ2v) is 5.16. The van der Waals surface area contributed by atoms with Crippen LogP contribution >= 0.6 is 0 Å². The smallest absolute Gasteiger partial charge is 0.246 e. The van der Waals surface area contributed by atoms with E-state index in [0.717, 1.165) is 23.4 Å². The Hall–Kier alpha value is -2.11. The zero-order chi connectivity index (χ0) is 14.7. The lowest BCUT2D eigenvalue weighted by Gasteiger charge is -2.22. The van der Waals surface area contributed by atoms with E-state index < -0.39 is 0 Å². The molecule has 0 bridgehead atoms. The summed E-state index contributed by atoms with van der Waals surface area (Å²) in [4.78, 5) is 14.2. The number of carbonyl (C=O) groups excluding carboxylic acids is 1. The lowest BCUT2D eigenvalue weighted by atomic mass is 10.2. The number of rotatable bonds is 5. The summed E-state index contributed by atoms with van der Waals surface area (Å²) in [7, 11) is 1.82. The Kier molecular flexibility index (Phi) is 4.22. The quantitative estimate of drug-likeness (QED) is 0.899. The zero-order valence-corrected chi connectivity index (χ0v) is 12.4. The first-order valence-electron chi connectivity index (χ1n) is 6.74. The molecule has 2 rings (SSSR count). The molecule has 6 nitrogen and oxygen atoms in total. The zero-order valence-electron chi connectivity index (χ0n) is 12.4. The van der Waals surface area contributed by atoms with Crippen LogP contribution in [0.25, 0.3) is 0 Å². The molecule has 1 amide bonds. The molecule has 0 spiro atoms. The van der Waals surface area contributed by atoms with E-state index in [-0.39, 0.29) is 11.9 Å². The summed E-state index contributed by atoms with van der Waals surface area (Å²) < 4.78 is 1.78. The van der Waals surface area contributed by atoms with Crippen molar-refractivity contribution in [3.05, 3.63) is 35.4 Å². The molecule has 1 unspecified atom stereocenters. The minimum Gasteiger partial charge on any atom is -0.344 e. The Bertz CT molecular complexity index is 572. The molecule has 0 aliphatic heterocycles. The Balaban J connectivity index is 1.97. The number of hydrogen-bond donors (Lipinski definition) is 1. The van der Waals surface area contributed by atoms with E-state index in [1.54, 1.807) is 15.8 Å². The maximum Gasteiger partial charge on any atom is 0.246 e. The predicted octanol–water partition coefficient (Wildman–Crippen LogP) is 1.49. The van der Waals surface area contributed by atoms with Gasteiger partial charge in [-0.25, -0.2) is 0 Å². The second kappa shape index (κ2) is 5.90. The number of hydrogen-bond acceptors (Lipinski definition) is 3. The van der Waals surface area contributed by atoms with Gasteiger partial charge in [0.25, 0.3) is 0 Å². The first-order valence-corrected chi connectivity index (χ1v) is 6.74. The fraction of sp³-hybridized carbons (Fsp3) is 0.500. The van der Waals surface area contributed by atoms with Crippen molar-refractivity contribution in [2.75, 3.05) is 13.6 Å². The molecule has 0 aromatic carbocycles. The second-order valence-electron chi connectivity index (χ2n) is 5.16. The number of H-pyrrole nitrogens is 1. The molecule has 2 aromatic heterocycles. The normalized spacial score (nSPS) is 12.4. The van der Waals surface area contributed by atoms with Crippen molar-refractivity contribution in [1.29, 1.82) is 0 Å². The lowest BCUT2D eigenvalue weighted by molar-refractivity contribution is -0.133. The van der Waals surface area contributed by atoms with E-state index in [1.807, 2.05) is 40.1 Å².